The molecule has 1 aliphatic heterocycles. The average molecular weight is 1240 g/mol. The van der Waals surface area contributed by atoms with Crippen LogP contribution < -0.4 is 5.32 Å². The van der Waals surface area contributed by atoms with Crippen LogP contribution in [-0.2, 0) is 14.3 Å². The first-order valence-electron chi connectivity index (χ1n) is 37.8. The van der Waals surface area contributed by atoms with Crippen molar-refractivity contribution < 1.29 is 39.8 Å². The van der Waals surface area contributed by atoms with Gasteiger partial charge in [0.15, 0.2) is 6.29 Å². The molecule has 0 aromatic heterocycles. The molecule has 1 heterocycles. The Kier molecular flexibility index (Phi) is 63.7. The summed E-state index contributed by atoms with van der Waals surface area (Å²) in [6, 6.07) is -0.833. The van der Waals surface area contributed by atoms with Crippen molar-refractivity contribution in [3.63, 3.8) is 0 Å². The van der Waals surface area contributed by atoms with Gasteiger partial charge in [-0.2, -0.15) is 0 Å². The minimum atomic E-state index is -1.58. The summed E-state index contributed by atoms with van der Waals surface area (Å²) in [7, 11) is 0. The van der Waals surface area contributed by atoms with Crippen LogP contribution in [0.4, 0.5) is 0 Å². The molecule has 9 heteroatoms. The molecule has 7 unspecified atom stereocenters. The monoisotopic (exact) mass is 1230 g/mol. The van der Waals surface area contributed by atoms with Crippen molar-refractivity contribution in [3.05, 3.63) is 85.1 Å². The van der Waals surface area contributed by atoms with E-state index in [1.165, 1.54) is 263 Å². The lowest BCUT2D eigenvalue weighted by molar-refractivity contribution is -0.302. The highest BCUT2D eigenvalue weighted by molar-refractivity contribution is 5.76. The molecule has 1 aliphatic rings. The van der Waals surface area contributed by atoms with Gasteiger partial charge >= 0.3 is 0 Å². The topological polar surface area (TPSA) is 149 Å². The number of hydrogen-bond acceptors (Lipinski definition) is 8. The van der Waals surface area contributed by atoms with E-state index in [9.17, 15) is 30.3 Å². The molecule has 0 saturated carbocycles. The minimum absolute atomic E-state index is 0.187. The summed E-state index contributed by atoms with van der Waals surface area (Å²) in [5, 5.41) is 54.8. The Morgan fingerprint density at radius 2 is 0.716 bits per heavy atom. The maximum Gasteiger partial charge on any atom is 0.220 e. The highest BCUT2D eigenvalue weighted by atomic mass is 16.7. The molecule has 0 radical (unpaired) electrons. The fourth-order valence-electron chi connectivity index (χ4n) is 11.8. The van der Waals surface area contributed by atoms with Gasteiger partial charge in [-0.3, -0.25) is 4.79 Å². The molecule has 9 nitrogen and oxygen atoms in total. The van der Waals surface area contributed by atoms with E-state index in [0.717, 1.165) is 70.6 Å². The van der Waals surface area contributed by atoms with Crippen LogP contribution in [-0.4, -0.2) is 87.5 Å². The fourth-order valence-corrected chi connectivity index (χ4v) is 11.8. The van der Waals surface area contributed by atoms with Gasteiger partial charge in [-0.1, -0.05) is 349 Å². The van der Waals surface area contributed by atoms with Crippen LogP contribution in [0.25, 0.3) is 0 Å². The van der Waals surface area contributed by atoms with E-state index in [1.807, 2.05) is 6.08 Å². The Morgan fingerprint density at radius 1 is 0.398 bits per heavy atom. The van der Waals surface area contributed by atoms with Crippen LogP contribution in [0, 0.1) is 0 Å². The van der Waals surface area contributed by atoms with Crippen LogP contribution in [0.5, 0.6) is 0 Å². The van der Waals surface area contributed by atoms with Crippen LogP contribution in [0.2, 0.25) is 0 Å². The molecule has 6 N–H and O–H groups in total. The maximum absolute atomic E-state index is 13.1. The Bertz CT molecular complexity index is 1670. The van der Waals surface area contributed by atoms with Gasteiger partial charge in [0.05, 0.1) is 25.4 Å². The molecular formula is C79H143NO8. The number of carbonyl (C=O) groups is 1. The summed E-state index contributed by atoms with van der Waals surface area (Å²) in [4.78, 5) is 13.1. The van der Waals surface area contributed by atoms with Crippen molar-refractivity contribution in [2.45, 2.75) is 397 Å². The molecule has 88 heavy (non-hydrogen) atoms. The van der Waals surface area contributed by atoms with E-state index in [-0.39, 0.29) is 12.5 Å². The third-order valence-electron chi connectivity index (χ3n) is 17.7. The molecule has 0 spiro atoms. The fraction of sp³-hybridized carbons (Fsp3) is 0.810. The van der Waals surface area contributed by atoms with Crippen molar-refractivity contribution in [1.29, 1.82) is 0 Å². The second-order valence-corrected chi connectivity index (χ2v) is 26.0. The minimum Gasteiger partial charge on any atom is -0.394 e. The average Bonchev–Trinajstić information content (AvgIpc) is 3.65. The molecule has 1 amide bonds. The number of aliphatic hydroxyl groups is 5. The molecule has 7 atom stereocenters. The third kappa shape index (κ3) is 55.0. The Labute approximate surface area is 543 Å². The molecule has 1 fully saturated rings. The zero-order valence-corrected chi connectivity index (χ0v) is 57.5. The second kappa shape index (κ2) is 67.3. The van der Waals surface area contributed by atoms with Gasteiger partial charge in [0, 0.05) is 6.42 Å². The molecule has 0 bridgehead atoms. The first kappa shape index (κ1) is 83.4. The van der Waals surface area contributed by atoms with E-state index in [0.29, 0.717) is 6.42 Å². The van der Waals surface area contributed by atoms with E-state index >= 15 is 0 Å². The highest BCUT2D eigenvalue weighted by Gasteiger charge is 2.44. The number of allylic oxidation sites excluding steroid dienone is 13. The smallest absolute Gasteiger partial charge is 0.220 e. The Balaban J connectivity index is 2.12. The van der Waals surface area contributed by atoms with Crippen molar-refractivity contribution >= 4 is 5.91 Å². The molecule has 1 rings (SSSR count). The summed E-state index contributed by atoms with van der Waals surface area (Å²) in [5.41, 5.74) is 0. The number of aliphatic hydroxyl groups excluding tert-OH is 5. The van der Waals surface area contributed by atoms with Crippen LogP contribution >= 0.6 is 0 Å². The SMILES string of the molecule is CC/C=C\C/C=C\C/C=C\C/C=C\CCCCCCCCCCCCCCCCCCCCCCC(=O)NC(COC1OC(CO)C(O)C(O)C1O)C(O)/C=C/CC/C=C/CC/C=C/CCCCCCCCCCCCCCCCCCCCCCCC. The van der Waals surface area contributed by atoms with Gasteiger partial charge in [0.2, 0.25) is 5.91 Å². The molecule has 1 saturated heterocycles. The number of amides is 1. The summed E-state index contributed by atoms with van der Waals surface area (Å²) >= 11 is 0. The highest BCUT2D eigenvalue weighted by Crippen LogP contribution is 2.23. The quantitative estimate of drug-likeness (QED) is 0.0261. The molecule has 512 valence electrons. The molecular weight excluding hydrogens is 1090 g/mol. The Morgan fingerprint density at radius 3 is 1.09 bits per heavy atom. The summed E-state index contributed by atoms with van der Waals surface area (Å²) in [6.45, 7) is 3.69. The lowest BCUT2D eigenvalue weighted by Crippen LogP contribution is -2.60. The Hall–Kier alpha value is -2.63. The van der Waals surface area contributed by atoms with Gasteiger partial charge in [-0.25, -0.2) is 0 Å². The summed E-state index contributed by atoms with van der Waals surface area (Å²) in [5.74, 6) is -0.187. The van der Waals surface area contributed by atoms with E-state index in [2.05, 4.69) is 92.1 Å². The van der Waals surface area contributed by atoms with Crippen LogP contribution in [0.1, 0.15) is 354 Å². The lowest BCUT2D eigenvalue weighted by Gasteiger charge is -2.40. The zero-order valence-electron chi connectivity index (χ0n) is 57.5. The maximum atomic E-state index is 13.1. The predicted octanol–water partition coefficient (Wildman–Crippen LogP) is 21.3. The number of ether oxygens (including phenoxy) is 2. The van der Waals surface area contributed by atoms with Gasteiger partial charge in [-0.15, -0.1) is 0 Å². The van der Waals surface area contributed by atoms with E-state index in [1.54, 1.807) is 6.08 Å². The van der Waals surface area contributed by atoms with Gasteiger partial charge in [-0.05, 0) is 83.5 Å². The standard InChI is InChI=1S/C79H143NO8/c1-3-5-7-9-11-13-15-17-19-21-23-25-27-29-31-33-35-37-39-41-43-45-47-49-51-53-55-57-59-61-63-65-67-69-75(83)80-72(71-87-79-78(86)77(85)76(84)74(70-81)88-79)73(82)68-66-64-62-60-58-56-54-52-50-48-46-44-42-40-38-36-34-32-30-28-26-24-22-20-18-16-14-12-10-8-6-4-2/h5,7,11,13,17,19,23,25,50,52,58,60,66,68,72-74,76-79,81-82,84-86H,3-4,6,8-10,12,14-16,18,20-22,24,26-49,51,53-57,59,61-65,67,69-71H2,1-2H3,(H,80,83)/b7-5-,13-11-,19-17-,25-23-,52-50+,60-58+,68-66+. The van der Waals surface area contributed by atoms with E-state index < -0.39 is 49.5 Å². The van der Waals surface area contributed by atoms with E-state index in [4.69, 9.17) is 9.47 Å². The second-order valence-electron chi connectivity index (χ2n) is 26.0. The van der Waals surface area contributed by atoms with Crippen LogP contribution in [0.3, 0.4) is 0 Å². The number of nitrogens with one attached hydrogen (secondary N) is 1. The number of unbranched alkanes of at least 4 members (excludes halogenated alkanes) is 44. The molecule has 0 aromatic rings. The van der Waals surface area contributed by atoms with Crippen molar-refractivity contribution in [1.82, 2.24) is 5.32 Å². The normalized spacial score (nSPS) is 18.4. The molecule has 0 aliphatic carbocycles. The number of hydrogen-bond donors (Lipinski definition) is 6. The summed E-state index contributed by atoms with van der Waals surface area (Å²) < 4.78 is 11.3. The first-order chi connectivity index (χ1) is 43.3. The van der Waals surface area contributed by atoms with Crippen LogP contribution in [0.15, 0.2) is 85.1 Å². The third-order valence-corrected chi connectivity index (χ3v) is 17.7. The van der Waals surface area contributed by atoms with Crippen molar-refractivity contribution in [2.75, 3.05) is 13.2 Å². The first-order valence-corrected chi connectivity index (χ1v) is 37.8. The summed E-state index contributed by atoms with van der Waals surface area (Å²) in [6.07, 6.45) is 90.0. The van der Waals surface area contributed by atoms with Gasteiger partial charge < -0.3 is 40.3 Å². The zero-order chi connectivity index (χ0) is 63.5. The van der Waals surface area contributed by atoms with Gasteiger partial charge in [0.25, 0.3) is 0 Å². The lowest BCUT2D eigenvalue weighted by atomic mass is 9.99. The van der Waals surface area contributed by atoms with Crippen molar-refractivity contribution in [3.8, 4) is 0 Å². The van der Waals surface area contributed by atoms with Crippen molar-refractivity contribution in [2.24, 2.45) is 0 Å². The molecule has 0 aromatic carbocycles. The number of rotatable bonds is 66. The van der Waals surface area contributed by atoms with Gasteiger partial charge in [0.1, 0.15) is 24.4 Å². The number of carbonyl (C=O) groups excluding carboxylic acids is 1. The predicted molar refractivity (Wildman–Crippen MR) is 378 cm³/mol. The largest absolute Gasteiger partial charge is 0.394 e.